The van der Waals surface area contributed by atoms with Crippen molar-refractivity contribution in [2.75, 3.05) is 24.6 Å². The van der Waals surface area contributed by atoms with Crippen LogP contribution in [0, 0.1) is 5.92 Å². The molecule has 28 heavy (non-hydrogen) atoms. The van der Waals surface area contributed by atoms with E-state index in [-0.39, 0.29) is 17.5 Å². The number of carbonyl (C=O) groups excluding carboxylic acids is 4. The molecule has 2 heterocycles. The number of esters is 1. The zero-order chi connectivity index (χ0) is 20.3. The van der Waals surface area contributed by atoms with Gasteiger partial charge in [-0.3, -0.25) is 19.7 Å². The van der Waals surface area contributed by atoms with Gasteiger partial charge in [0, 0.05) is 24.3 Å². The van der Waals surface area contributed by atoms with E-state index in [1.807, 2.05) is 0 Å². The lowest BCUT2D eigenvalue weighted by Gasteiger charge is -2.32. The number of halogens is 1. The van der Waals surface area contributed by atoms with Gasteiger partial charge in [0.25, 0.3) is 11.8 Å². The minimum absolute atomic E-state index is 0.135. The number of hydrogen-bond acceptors (Lipinski definition) is 6. The van der Waals surface area contributed by atoms with E-state index in [0.29, 0.717) is 43.2 Å². The fourth-order valence-electron chi connectivity index (χ4n) is 3.18. The number of rotatable bonds is 4. The Morgan fingerprint density at radius 2 is 1.86 bits per heavy atom. The summed E-state index contributed by atoms with van der Waals surface area (Å²) in [5.74, 6) is -1.85. The Labute approximate surface area is 167 Å². The van der Waals surface area contributed by atoms with Gasteiger partial charge in [0.1, 0.15) is 5.57 Å². The number of benzene rings is 1. The van der Waals surface area contributed by atoms with Crippen molar-refractivity contribution >= 4 is 41.1 Å². The first kappa shape index (κ1) is 19.9. The zero-order valence-corrected chi connectivity index (χ0v) is 16.1. The summed E-state index contributed by atoms with van der Waals surface area (Å²) in [5, 5.41) is 2.64. The van der Waals surface area contributed by atoms with Crippen molar-refractivity contribution < 1.29 is 23.9 Å². The molecule has 3 rings (SSSR count). The number of carbonyl (C=O) groups is 4. The Balaban J connectivity index is 1.75. The van der Waals surface area contributed by atoms with Crippen LogP contribution in [0.2, 0.25) is 5.02 Å². The number of barbiturate groups is 1. The van der Waals surface area contributed by atoms with E-state index < -0.39 is 17.8 Å². The summed E-state index contributed by atoms with van der Waals surface area (Å²) in [5.41, 5.74) is 0.176. The summed E-state index contributed by atoms with van der Waals surface area (Å²) in [6.45, 7) is 3.11. The molecule has 0 aromatic heterocycles. The van der Waals surface area contributed by atoms with E-state index in [1.165, 1.54) is 18.3 Å². The summed E-state index contributed by atoms with van der Waals surface area (Å²) in [6.07, 6.45) is 2.59. The van der Waals surface area contributed by atoms with Crippen molar-refractivity contribution in [2.24, 2.45) is 5.92 Å². The number of imide groups is 2. The molecule has 2 aliphatic heterocycles. The molecule has 0 aliphatic carbocycles. The fraction of sp³-hybridized carbons (Fsp3) is 0.368. The van der Waals surface area contributed by atoms with Crippen LogP contribution in [0.4, 0.5) is 10.5 Å². The van der Waals surface area contributed by atoms with Crippen LogP contribution < -0.4 is 10.2 Å². The lowest BCUT2D eigenvalue weighted by Crippen LogP contribution is -2.55. The summed E-state index contributed by atoms with van der Waals surface area (Å²) in [4.78, 5) is 51.7. The van der Waals surface area contributed by atoms with Crippen LogP contribution in [0.1, 0.15) is 19.8 Å². The first-order valence-corrected chi connectivity index (χ1v) is 9.36. The first-order chi connectivity index (χ1) is 13.4. The van der Waals surface area contributed by atoms with Crippen molar-refractivity contribution in [3.05, 3.63) is 41.1 Å². The van der Waals surface area contributed by atoms with Gasteiger partial charge >= 0.3 is 12.0 Å². The van der Waals surface area contributed by atoms with Crippen LogP contribution >= 0.6 is 11.6 Å². The number of hydrogen-bond donors (Lipinski definition) is 1. The molecular weight excluding hydrogens is 386 g/mol. The molecule has 0 atom stereocenters. The Hall–Kier alpha value is -2.87. The van der Waals surface area contributed by atoms with Gasteiger partial charge in [-0.2, -0.15) is 0 Å². The normalized spacial score (nSPS) is 19.8. The number of piperidine rings is 1. The number of likely N-dealkylation sites (tertiary alicyclic amines) is 1. The number of ether oxygens (including phenoxy) is 1. The monoisotopic (exact) mass is 405 g/mol. The van der Waals surface area contributed by atoms with Gasteiger partial charge in [0.2, 0.25) is 0 Å². The SMILES string of the molecule is CCOC(=O)C1CCN(/C=C2/C(=O)NC(=O)N(c3ccc(Cl)cc3)C2=O)CC1. The molecule has 0 spiro atoms. The third-order valence-corrected chi connectivity index (χ3v) is 4.90. The highest BCUT2D eigenvalue weighted by molar-refractivity contribution is 6.37. The van der Waals surface area contributed by atoms with E-state index in [0.717, 1.165) is 4.90 Å². The molecule has 8 nitrogen and oxygen atoms in total. The van der Waals surface area contributed by atoms with E-state index in [2.05, 4.69) is 5.32 Å². The van der Waals surface area contributed by atoms with Crippen molar-refractivity contribution in [3.8, 4) is 0 Å². The standard InChI is InChI=1S/C19H20ClN3O5/c1-2-28-18(26)12-7-9-22(10-8-12)11-15-16(24)21-19(27)23(17(15)25)14-5-3-13(20)4-6-14/h3-6,11-12H,2,7-10H2,1H3,(H,21,24,27)/b15-11-. The number of nitrogens with one attached hydrogen (secondary N) is 1. The highest BCUT2D eigenvalue weighted by atomic mass is 35.5. The molecule has 0 bridgehead atoms. The van der Waals surface area contributed by atoms with Crippen LogP contribution in [0.25, 0.3) is 0 Å². The van der Waals surface area contributed by atoms with Crippen LogP contribution in [-0.2, 0) is 19.1 Å². The smallest absolute Gasteiger partial charge is 0.335 e. The molecule has 0 radical (unpaired) electrons. The highest BCUT2D eigenvalue weighted by Crippen LogP contribution is 2.24. The molecule has 2 fully saturated rings. The van der Waals surface area contributed by atoms with Crippen molar-refractivity contribution in [3.63, 3.8) is 0 Å². The Morgan fingerprint density at radius 1 is 1.21 bits per heavy atom. The number of anilines is 1. The second-order valence-corrected chi connectivity index (χ2v) is 6.92. The van der Waals surface area contributed by atoms with Crippen LogP contribution in [0.3, 0.4) is 0 Å². The quantitative estimate of drug-likeness (QED) is 0.468. The maximum absolute atomic E-state index is 12.8. The Kier molecular flexibility index (Phi) is 5.99. The molecule has 148 valence electrons. The fourth-order valence-corrected chi connectivity index (χ4v) is 3.30. The average Bonchev–Trinajstić information content (AvgIpc) is 2.67. The predicted octanol–water partition coefficient (Wildman–Crippen LogP) is 2.08. The summed E-state index contributed by atoms with van der Waals surface area (Å²) in [6, 6.07) is 5.35. The van der Waals surface area contributed by atoms with Gasteiger partial charge in [-0.15, -0.1) is 0 Å². The molecule has 2 aliphatic rings. The minimum Gasteiger partial charge on any atom is -0.466 e. The van der Waals surface area contributed by atoms with Crippen LogP contribution in [0.5, 0.6) is 0 Å². The Bertz CT molecular complexity index is 828. The van der Waals surface area contributed by atoms with Gasteiger partial charge in [-0.05, 0) is 44.0 Å². The predicted molar refractivity (Wildman–Crippen MR) is 101 cm³/mol. The number of amides is 4. The van der Waals surface area contributed by atoms with Crippen molar-refractivity contribution in [1.29, 1.82) is 0 Å². The van der Waals surface area contributed by atoms with E-state index in [4.69, 9.17) is 16.3 Å². The average molecular weight is 406 g/mol. The molecule has 1 aromatic rings. The minimum atomic E-state index is -0.810. The topological polar surface area (TPSA) is 96.0 Å². The summed E-state index contributed by atoms with van der Waals surface area (Å²) >= 11 is 5.85. The first-order valence-electron chi connectivity index (χ1n) is 8.98. The third-order valence-electron chi connectivity index (χ3n) is 4.65. The molecular formula is C19H20ClN3O5. The Morgan fingerprint density at radius 3 is 2.46 bits per heavy atom. The van der Waals surface area contributed by atoms with Gasteiger partial charge in [0.05, 0.1) is 18.2 Å². The molecule has 1 N–H and O–H groups in total. The van der Waals surface area contributed by atoms with E-state index in [1.54, 1.807) is 24.0 Å². The van der Waals surface area contributed by atoms with Crippen LogP contribution in [0.15, 0.2) is 36.0 Å². The molecule has 2 saturated heterocycles. The van der Waals surface area contributed by atoms with Gasteiger partial charge in [-0.1, -0.05) is 11.6 Å². The van der Waals surface area contributed by atoms with Crippen molar-refractivity contribution in [1.82, 2.24) is 10.2 Å². The van der Waals surface area contributed by atoms with Crippen molar-refractivity contribution in [2.45, 2.75) is 19.8 Å². The summed E-state index contributed by atoms with van der Waals surface area (Å²) < 4.78 is 5.04. The number of urea groups is 1. The molecule has 9 heteroatoms. The molecule has 1 aromatic carbocycles. The molecule has 4 amide bonds. The largest absolute Gasteiger partial charge is 0.466 e. The van der Waals surface area contributed by atoms with Crippen LogP contribution in [-0.4, -0.2) is 48.4 Å². The molecule has 0 unspecified atom stereocenters. The maximum Gasteiger partial charge on any atom is 0.335 e. The third kappa shape index (κ3) is 4.17. The second kappa shape index (κ2) is 8.43. The lowest BCUT2D eigenvalue weighted by atomic mass is 9.97. The maximum atomic E-state index is 12.8. The second-order valence-electron chi connectivity index (χ2n) is 6.48. The lowest BCUT2D eigenvalue weighted by molar-refractivity contribution is -0.149. The van der Waals surface area contributed by atoms with E-state index >= 15 is 0 Å². The van der Waals surface area contributed by atoms with Gasteiger partial charge in [0.15, 0.2) is 0 Å². The van der Waals surface area contributed by atoms with E-state index in [9.17, 15) is 19.2 Å². The summed E-state index contributed by atoms with van der Waals surface area (Å²) in [7, 11) is 0. The van der Waals surface area contributed by atoms with Gasteiger partial charge in [-0.25, -0.2) is 9.69 Å². The zero-order valence-electron chi connectivity index (χ0n) is 15.3. The highest BCUT2D eigenvalue weighted by Gasteiger charge is 2.37. The number of nitrogens with zero attached hydrogens (tertiary/aromatic N) is 2. The molecule has 0 saturated carbocycles. The van der Waals surface area contributed by atoms with Gasteiger partial charge < -0.3 is 9.64 Å².